The summed E-state index contributed by atoms with van der Waals surface area (Å²) in [5.74, 6) is 0. The Labute approximate surface area is 123 Å². The fourth-order valence-corrected chi connectivity index (χ4v) is 2.25. The monoisotopic (exact) mass is 296 g/mol. The van der Waals surface area contributed by atoms with Gasteiger partial charge in [0.05, 0.1) is 17.6 Å². The standard InChI is InChI=1S/C14H20N2O5/c1-14(2,3)15(13(18)19)12(9-17)8-10-4-6-11(7-5-10)16(20)21/h4-7,12,17H,8-9H2,1-3H3,(H,18,19). The summed E-state index contributed by atoms with van der Waals surface area (Å²) in [6.07, 6.45) is -0.818. The average Bonchev–Trinajstić information content (AvgIpc) is 2.36. The van der Waals surface area contributed by atoms with Gasteiger partial charge in [-0.05, 0) is 32.8 Å². The lowest BCUT2D eigenvalue weighted by molar-refractivity contribution is -0.384. The number of carbonyl (C=O) groups is 1. The zero-order valence-electron chi connectivity index (χ0n) is 12.3. The van der Waals surface area contributed by atoms with Crippen LogP contribution >= 0.6 is 0 Å². The van der Waals surface area contributed by atoms with Crippen molar-refractivity contribution in [1.29, 1.82) is 0 Å². The highest BCUT2D eigenvalue weighted by Gasteiger charge is 2.32. The van der Waals surface area contributed by atoms with Gasteiger partial charge in [-0.3, -0.25) is 15.0 Å². The van der Waals surface area contributed by atoms with Crippen LogP contribution in [0.3, 0.4) is 0 Å². The zero-order valence-corrected chi connectivity index (χ0v) is 12.3. The topological polar surface area (TPSA) is 104 Å². The predicted octanol–water partition coefficient (Wildman–Crippen LogP) is 2.28. The Balaban J connectivity index is 2.95. The highest BCUT2D eigenvalue weighted by atomic mass is 16.6. The maximum atomic E-state index is 11.4. The molecule has 0 saturated carbocycles. The SMILES string of the molecule is CC(C)(C)N(C(=O)O)C(CO)Cc1ccc([N+](=O)[O-])cc1. The van der Waals surface area contributed by atoms with Gasteiger partial charge in [0.1, 0.15) is 0 Å². The van der Waals surface area contributed by atoms with E-state index >= 15 is 0 Å². The molecule has 0 aliphatic carbocycles. The molecule has 1 aromatic rings. The fraction of sp³-hybridized carbons (Fsp3) is 0.500. The first-order chi connectivity index (χ1) is 9.66. The van der Waals surface area contributed by atoms with Crippen molar-refractivity contribution in [2.24, 2.45) is 0 Å². The fourth-order valence-electron chi connectivity index (χ4n) is 2.25. The first-order valence-corrected chi connectivity index (χ1v) is 6.53. The number of aliphatic hydroxyl groups excluding tert-OH is 1. The summed E-state index contributed by atoms with van der Waals surface area (Å²) in [5, 5.41) is 29.4. The minimum atomic E-state index is -1.11. The maximum absolute atomic E-state index is 11.4. The lowest BCUT2D eigenvalue weighted by Crippen LogP contribution is -2.53. The van der Waals surface area contributed by atoms with Crippen molar-refractivity contribution in [2.45, 2.75) is 38.8 Å². The van der Waals surface area contributed by atoms with Gasteiger partial charge >= 0.3 is 6.09 Å². The summed E-state index contributed by atoms with van der Waals surface area (Å²) in [6, 6.07) is 5.27. The number of benzene rings is 1. The normalized spacial score (nSPS) is 12.8. The molecule has 0 bridgehead atoms. The van der Waals surface area contributed by atoms with Crippen LogP contribution in [0.15, 0.2) is 24.3 Å². The first kappa shape index (κ1) is 16.9. The minimum absolute atomic E-state index is 0.0230. The summed E-state index contributed by atoms with van der Waals surface area (Å²) in [4.78, 5) is 22.7. The lowest BCUT2D eigenvalue weighted by Gasteiger charge is -2.39. The molecule has 0 spiro atoms. The van der Waals surface area contributed by atoms with Crippen LogP contribution in [0, 0.1) is 10.1 Å². The summed E-state index contributed by atoms with van der Waals surface area (Å²) < 4.78 is 0. The van der Waals surface area contributed by atoms with Crippen molar-refractivity contribution in [3.63, 3.8) is 0 Å². The Morgan fingerprint density at radius 1 is 1.33 bits per heavy atom. The molecule has 2 N–H and O–H groups in total. The molecule has 1 amide bonds. The Kier molecular flexibility index (Phi) is 5.26. The Morgan fingerprint density at radius 3 is 2.19 bits per heavy atom. The van der Waals surface area contributed by atoms with Gasteiger partial charge in [0.2, 0.25) is 0 Å². The molecule has 7 heteroatoms. The van der Waals surface area contributed by atoms with Gasteiger partial charge in [0.25, 0.3) is 5.69 Å². The van der Waals surface area contributed by atoms with E-state index in [0.717, 1.165) is 5.56 Å². The van der Waals surface area contributed by atoms with E-state index in [-0.39, 0.29) is 18.7 Å². The van der Waals surface area contributed by atoms with Crippen LogP contribution in [0.2, 0.25) is 0 Å². The Morgan fingerprint density at radius 2 is 1.86 bits per heavy atom. The molecule has 0 saturated heterocycles. The van der Waals surface area contributed by atoms with Crippen LogP contribution in [0.25, 0.3) is 0 Å². The molecule has 0 fully saturated rings. The van der Waals surface area contributed by atoms with Crippen molar-refractivity contribution in [3.8, 4) is 0 Å². The summed E-state index contributed by atoms with van der Waals surface area (Å²) >= 11 is 0. The van der Waals surface area contributed by atoms with Crippen LogP contribution in [-0.4, -0.2) is 44.3 Å². The molecular formula is C14H20N2O5. The summed E-state index contributed by atoms with van der Waals surface area (Å²) in [5.41, 5.74) is 0.0559. The van der Waals surface area contributed by atoms with Gasteiger partial charge in [0.15, 0.2) is 0 Å². The van der Waals surface area contributed by atoms with E-state index in [4.69, 9.17) is 0 Å². The van der Waals surface area contributed by atoms with E-state index in [1.54, 1.807) is 32.9 Å². The van der Waals surface area contributed by atoms with Crippen LogP contribution in [-0.2, 0) is 6.42 Å². The second kappa shape index (κ2) is 6.53. The number of hydrogen-bond donors (Lipinski definition) is 2. The third kappa shape index (κ3) is 4.42. The average molecular weight is 296 g/mol. The third-order valence-corrected chi connectivity index (χ3v) is 3.12. The summed E-state index contributed by atoms with van der Waals surface area (Å²) in [7, 11) is 0. The Bertz CT molecular complexity index is 507. The number of carboxylic acid groups (broad SMARTS) is 1. The van der Waals surface area contributed by atoms with Crippen molar-refractivity contribution in [2.75, 3.05) is 6.61 Å². The number of nitro benzene ring substituents is 1. The van der Waals surface area contributed by atoms with Gasteiger partial charge in [-0.1, -0.05) is 12.1 Å². The molecule has 1 rings (SSSR count). The molecule has 0 aromatic heterocycles. The van der Waals surface area contributed by atoms with Crippen LogP contribution in [0.1, 0.15) is 26.3 Å². The van der Waals surface area contributed by atoms with Crippen LogP contribution in [0.5, 0.6) is 0 Å². The summed E-state index contributed by atoms with van der Waals surface area (Å²) in [6.45, 7) is 4.93. The van der Waals surface area contributed by atoms with Crippen LogP contribution < -0.4 is 0 Å². The smallest absolute Gasteiger partial charge is 0.408 e. The third-order valence-electron chi connectivity index (χ3n) is 3.12. The molecule has 1 aromatic carbocycles. The van der Waals surface area contributed by atoms with Crippen molar-refractivity contribution in [1.82, 2.24) is 4.90 Å². The maximum Gasteiger partial charge on any atom is 0.408 e. The van der Waals surface area contributed by atoms with E-state index in [2.05, 4.69) is 0 Å². The second-order valence-electron chi connectivity index (χ2n) is 5.79. The van der Waals surface area contributed by atoms with E-state index in [1.165, 1.54) is 17.0 Å². The van der Waals surface area contributed by atoms with Crippen molar-refractivity contribution < 1.29 is 19.9 Å². The number of non-ortho nitro benzene ring substituents is 1. The Hall–Kier alpha value is -2.15. The lowest BCUT2D eigenvalue weighted by atomic mass is 9.99. The number of nitro groups is 1. The molecule has 0 aliphatic heterocycles. The number of rotatable bonds is 5. The molecule has 0 aliphatic rings. The van der Waals surface area contributed by atoms with Gasteiger partial charge in [0, 0.05) is 17.7 Å². The second-order valence-corrected chi connectivity index (χ2v) is 5.79. The van der Waals surface area contributed by atoms with Gasteiger partial charge < -0.3 is 10.2 Å². The van der Waals surface area contributed by atoms with Gasteiger partial charge in [-0.15, -0.1) is 0 Å². The molecule has 21 heavy (non-hydrogen) atoms. The molecule has 1 atom stereocenters. The van der Waals surface area contributed by atoms with Crippen LogP contribution in [0.4, 0.5) is 10.5 Å². The number of hydrogen-bond acceptors (Lipinski definition) is 4. The van der Waals surface area contributed by atoms with Gasteiger partial charge in [-0.25, -0.2) is 4.79 Å². The number of nitrogens with zero attached hydrogens (tertiary/aromatic N) is 2. The number of amides is 1. The molecule has 0 heterocycles. The molecule has 0 radical (unpaired) electrons. The highest BCUT2D eigenvalue weighted by molar-refractivity contribution is 5.66. The highest BCUT2D eigenvalue weighted by Crippen LogP contribution is 2.21. The largest absolute Gasteiger partial charge is 0.465 e. The minimum Gasteiger partial charge on any atom is -0.465 e. The molecule has 7 nitrogen and oxygen atoms in total. The first-order valence-electron chi connectivity index (χ1n) is 6.53. The number of aliphatic hydroxyl groups is 1. The molecule has 116 valence electrons. The van der Waals surface area contributed by atoms with E-state index < -0.39 is 22.6 Å². The van der Waals surface area contributed by atoms with E-state index in [9.17, 15) is 25.1 Å². The predicted molar refractivity (Wildman–Crippen MR) is 77.3 cm³/mol. The van der Waals surface area contributed by atoms with Crippen molar-refractivity contribution in [3.05, 3.63) is 39.9 Å². The van der Waals surface area contributed by atoms with E-state index in [0.29, 0.717) is 0 Å². The molecular weight excluding hydrogens is 276 g/mol. The van der Waals surface area contributed by atoms with E-state index in [1.807, 2.05) is 0 Å². The quantitative estimate of drug-likeness (QED) is 0.640. The van der Waals surface area contributed by atoms with Gasteiger partial charge in [-0.2, -0.15) is 0 Å². The zero-order chi connectivity index (χ0) is 16.2. The molecule has 1 unspecified atom stereocenters. The van der Waals surface area contributed by atoms with Crippen molar-refractivity contribution >= 4 is 11.8 Å².